The number of hydrogen-bond donors (Lipinski definition) is 1. The number of para-hydroxylation sites is 2. The van der Waals surface area contributed by atoms with Crippen LogP contribution >= 0.6 is 11.6 Å². The number of carbonyl (C=O) groups is 1. The SMILES string of the molecule is O=C([O-])c1oc2ccccc2c1Nc1ccccc1Cl.[K+]. The van der Waals surface area contributed by atoms with Crippen molar-refractivity contribution in [3.05, 3.63) is 59.3 Å². The Kier molecular flexibility index (Phi) is 5.48. The molecule has 3 aromatic rings. The van der Waals surface area contributed by atoms with Crippen LogP contribution in [0.1, 0.15) is 10.6 Å². The van der Waals surface area contributed by atoms with Gasteiger partial charge in [0.05, 0.1) is 16.4 Å². The van der Waals surface area contributed by atoms with Gasteiger partial charge in [-0.3, -0.25) is 0 Å². The van der Waals surface area contributed by atoms with Gasteiger partial charge >= 0.3 is 51.4 Å². The Hall–Kier alpha value is -0.824. The number of fused-ring (bicyclic) bond motifs is 1. The van der Waals surface area contributed by atoms with Crippen LogP contribution in [0.3, 0.4) is 0 Å². The summed E-state index contributed by atoms with van der Waals surface area (Å²) in [6, 6.07) is 14.1. The van der Waals surface area contributed by atoms with E-state index >= 15 is 0 Å². The van der Waals surface area contributed by atoms with Crippen LogP contribution in [0.2, 0.25) is 5.02 Å². The zero-order valence-electron chi connectivity index (χ0n) is 11.2. The third kappa shape index (κ3) is 3.34. The molecule has 1 N–H and O–H groups in total. The number of benzene rings is 2. The van der Waals surface area contributed by atoms with Gasteiger partial charge in [0.25, 0.3) is 0 Å². The van der Waals surface area contributed by atoms with Gasteiger partial charge in [-0.1, -0.05) is 35.9 Å². The number of furan rings is 1. The summed E-state index contributed by atoms with van der Waals surface area (Å²) in [6.45, 7) is 0. The van der Waals surface area contributed by atoms with E-state index in [1.165, 1.54) is 0 Å². The molecular weight excluding hydrogens is 317 g/mol. The molecule has 0 saturated heterocycles. The summed E-state index contributed by atoms with van der Waals surface area (Å²) in [5, 5.41) is 15.3. The molecule has 0 saturated carbocycles. The molecule has 0 aliphatic rings. The zero-order chi connectivity index (χ0) is 14.1. The molecule has 100 valence electrons. The van der Waals surface area contributed by atoms with E-state index in [-0.39, 0.29) is 57.1 Å². The molecule has 0 fully saturated rings. The van der Waals surface area contributed by atoms with Crippen LogP contribution in [0.5, 0.6) is 0 Å². The third-order valence-electron chi connectivity index (χ3n) is 2.91. The third-order valence-corrected chi connectivity index (χ3v) is 3.24. The molecule has 0 radical (unpaired) electrons. The molecule has 0 aliphatic carbocycles. The molecule has 21 heavy (non-hydrogen) atoms. The zero-order valence-corrected chi connectivity index (χ0v) is 15.1. The second-order valence-electron chi connectivity index (χ2n) is 4.19. The summed E-state index contributed by atoms with van der Waals surface area (Å²) < 4.78 is 5.31. The number of hydrogen-bond acceptors (Lipinski definition) is 4. The maximum atomic E-state index is 11.2. The molecule has 1 heterocycles. The van der Waals surface area contributed by atoms with Crippen molar-refractivity contribution in [2.24, 2.45) is 0 Å². The summed E-state index contributed by atoms with van der Waals surface area (Å²) in [4.78, 5) is 11.2. The number of halogens is 1. The molecular formula is C15H9ClKNO3. The second-order valence-corrected chi connectivity index (χ2v) is 4.60. The Morgan fingerprint density at radius 3 is 2.48 bits per heavy atom. The number of anilines is 2. The quantitative estimate of drug-likeness (QED) is 0.699. The van der Waals surface area contributed by atoms with Crippen LogP contribution in [0, 0.1) is 0 Å². The summed E-state index contributed by atoms with van der Waals surface area (Å²) in [5.41, 5.74) is 1.41. The van der Waals surface area contributed by atoms with Gasteiger partial charge in [0, 0.05) is 5.39 Å². The van der Waals surface area contributed by atoms with E-state index in [9.17, 15) is 9.90 Å². The molecule has 4 nitrogen and oxygen atoms in total. The van der Waals surface area contributed by atoms with Gasteiger partial charge in [-0.2, -0.15) is 0 Å². The fourth-order valence-electron chi connectivity index (χ4n) is 2.01. The van der Waals surface area contributed by atoms with E-state index in [0.717, 1.165) is 0 Å². The first kappa shape index (κ1) is 16.5. The van der Waals surface area contributed by atoms with Crippen LogP contribution in [-0.4, -0.2) is 5.97 Å². The fourth-order valence-corrected chi connectivity index (χ4v) is 2.19. The van der Waals surface area contributed by atoms with Crippen LogP contribution in [-0.2, 0) is 0 Å². The molecule has 0 bridgehead atoms. The van der Waals surface area contributed by atoms with E-state index in [4.69, 9.17) is 16.0 Å². The smallest absolute Gasteiger partial charge is 0.541 e. The largest absolute Gasteiger partial charge is 1.00 e. The minimum absolute atomic E-state index is 0. The van der Waals surface area contributed by atoms with Crippen molar-refractivity contribution >= 4 is 39.9 Å². The van der Waals surface area contributed by atoms with Gasteiger partial charge < -0.3 is 19.6 Å². The first-order valence-corrected chi connectivity index (χ1v) is 6.29. The number of carbonyl (C=O) groups excluding carboxylic acids is 1. The van der Waals surface area contributed by atoms with Gasteiger partial charge in [0.2, 0.25) is 0 Å². The summed E-state index contributed by atoms with van der Waals surface area (Å²) in [6.07, 6.45) is 0. The number of rotatable bonds is 3. The summed E-state index contributed by atoms with van der Waals surface area (Å²) >= 11 is 6.07. The first-order chi connectivity index (χ1) is 9.66. The van der Waals surface area contributed by atoms with Crippen molar-refractivity contribution in [3.8, 4) is 0 Å². The first-order valence-electron chi connectivity index (χ1n) is 5.91. The number of nitrogens with one attached hydrogen (secondary N) is 1. The van der Waals surface area contributed by atoms with Crippen molar-refractivity contribution in [2.45, 2.75) is 0 Å². The van der Waals surface area contributed by atoms with Crippen LogP contribution in [0.15, 0.2) is 52.9 Å². The molecule has 2 aromatic carbocycles. The molecule has 0 atom stereocenters. The van der Waals surface area contributed by atoms with Crippen molar-refractivity contribution in [1.29, 1.82) is 0 Å². The summed E-state index contributed by atoms with van der Waals surface area (Å²) in [7, 11) is 0. The van der Waals surface area contributed by atoms with Crippen LogP contribution in [0.25, 0.3) is 11.0 Å². The summed E-state index contributed by atoms with van der Waals surface area (Å²) in [5.74, 6) is -1.62. The van der Waals surface area contributed by atoms with Gasteiger partial charge in [-0.15, -0.1) is 0 Å². The van der Waals surface area contributed by atoms with Crippen LogP contribution < -0.4 is 61.8 Å². The standard InChI is InChI=1S/C15H10ClNO3.K/c16-10-6-2-3-7-11(10)17-13-9-5-1-4-8-12(9)20-14(13)15(18)19;/h1-8,17H,(H,18,19);/q;+1/p-1. The topological polar surface area (TPSA) is 65.3 Å². The number of carboxylic acid groups (broad SMARTS) is 1. The normalized spacial score (nSPS) is 10.1. The fraction of sp³-hybridized carbons (Fsp3) is 0. The van der Waals surface area contributed by atoms with Gasteiger partial charge in [0.1, 0.15) is 11.6 Å². The Balaban J connectivity index is 0.00000161. The minimum atomic E-state index is -1.38. The maximum Gasteiger partial charge on any atom is 1.00 e. The van der Waals surface area contributed by atoms with Crippen LogP contribution in [0.4, 0.5) is 11.4 Å². The van der Waals surface area contributed by atoms with Crippen molar-refractivity contribution < 1.29 is 65.7 Å². The van der Waals surface area contributed by atoms with Crippen molar-refractivity contribution in [3.63, 3.8) is 0 Å². The second kappa shape index (κ2) is 6.96. The minimum Gasteiger partial charge on any atom is -0.541 e. The van der Waals surface area contributed by atoms with E-state index in [0.29, 0.717) is 27.4 Å². The monoisotopic (exact) mass is 325 g/mol. The average Bonchev–Trinajstić information content (AvgIpc) is 2.81. The predicted molar refractivity (Wildman–Crippen MR) is 75.3 cm³/mol. The molecule has 6 heteroatoms. The van der Waals surface area contributed by atoms with E-state index in [1.807, 2.05) is 0 Å². The van der Waals surface area contributed by atoms with Crippen molar-refractivity contribution in [1.82, 2.24) is 0 Å². The van der Waals surface area contributed by atoms with Crippen molar-refractivity contribution in [2.75, 3.05) is 5.32 Å². The Labute approximate surface area is 168 Å². The number of carboxylic acids is 1. The Bertz CT molecular complexity index is 800. The molecule has 0 amide bonds. The molecule has 1 aromatic heterocycles. The van der Waals surface area contributed by atoms with E-state index in [2.05, 4.69) is 5.32 Å². The molecule has 0 spiro atoms. The average molecular weight is 326 g/mol. The Morgan fingerprint density at radius 1 is 1.10 bits per heavy atom. The maximum absolute atomic E-state index is 11.2. The van der Waals surface area contributed by atoms with Gasteiger partial charge in [0.15, 0.2) is 5.76 Å². The Morgan fingerprint density at radius 2 is 1.76 bits per heavy atom. The van der Waals surface area contributed by atoms with E-state index in [1.54, 1.807) is 48.5 Å². The van der Waals surface area contributed by atoms with E-state index < -0.39 is 5.97 Å². The molecule has 0 unspecified atom stereocenters. The molecule has 3 rings (SSSR count). The number of aromatic carboxylic acids is 1. The molecule has 0 aliphatic heterocycles. The van der Waals surface area contributed by atoms with Gasteiger partial charge in [-0.05, 0) is 24.3 Å². The van der Waals surface area contributed by atoms with Gasteiger partial charge in [-0.25, -0.2) is 0 Å². The predicted octanol–water partition coefficient (Wildman–Crippen LogP) is 0.197.